The molecule has 4 nitrogen and oxygen atoms in total. The lowest BCUT2D eigenvalue weighted by atomic mass is 9.77. The number of rotatable bonds is 5. The Morgan fingerprint density at radius 3 is 2.45 bits per heavy atom. The highest BCUT2D eigenvalue weighted by Crippen LogP contribution is 2.43. The van der Waals surface area contributed by atoms with Gasteiger partial charge >= 0.3 is 0 Å². The summed E-state index contributed by atoms with van der Waals surface area (Å²) in [7, 11) is 0. The van der Waals surface area contributed by atoms with Crippen LogP contribution in [0.2, 0.25) is 0 Å². The minimum absolute atomic E-state index is 0.0411. The smallest absolute Gasteiger partial charge is 0.232 e. The summed E-state index contributed by atoms with van der Waals surface area (Å²) in [5, 5.41) is 0. The quantitative estimate of drug-likeness (QED) is 0.484. The number of ether oxygens (including phenoxy) is 1. The topological polar surface area (TPSA) is 46.6 Å². The molecule has 1 aliphatic heterocycles. The minimum Gasteiger partial charge on any atom is -0.489 e. The molecular formula is C29H27NO3. The molecule has 0 N–H and O–H groups in total. The second-order valence-electron chi connectivity index (χ2n) is 8.81. The van der Waals surface area contributed by atoms with Gasteiger partial charge < -0.3 is 4.74 Å². The van der Waals surface area contributed by atoms with Crippen molar-refractivity contribution in [1.82, 2.24) is 0 Å². The predicted octanol–water partition coefficient (Wildman–Crippen LogP) is 6.10. The first-order chi connectivity index (χ1) is 16.1. The number of benzene rings is 3. The number of carbonyl (C=O) groups excluding carboxylic acids is 2. The zero-order valence-corrected chi connectivity index (χ0v) is 18.8. The van der Waals surface area contributed by atoms with Crippen LogP contribution in [-0.2, 0) is 16.2 Å². The summed E-state index contributed by atoms with van der Waals surface area (Å²) >= 11 is 0. The molecule has 1 heterocycles. The molecule has 3 aromatic carbocycles. The standard InChI is InChI=1S/C29H27NO3/c1-20-7-5-8-21(17-20)19-33-24-15-13-22(14-16-24)25-18-28(32)30(23-9-3-2-4-10-23)26-11-6-12-27(31)29(25)26/h2-5,7-10,13-17,25H,6,11-12,18-19H2,1H3. The van der Waals surface area contributed by atoms with Gasteiger partial charge in [-0.3, -0.25) is 14.5 Å². The number of ketones is 1. The number of anilines is 1. The Balaban J connectivity index is 1.41. The molecule has 166 valence electrons. The molecule has 0 bridgehead atoms. The second kappa shape index (κ2) is 9.07. The molecule has 2 aliphatic rings. The molecule has 1 unspecified atom stereocenters. The van der Waals surface area contributed by atoms with Crippen LogP contribution in [0.25, 0.3) is 0 Å². The highest BCUT2D eigenvalue weighted by molar-refractivity contribution is 6.07. The first-order valence-corrected chi connectivity index (χ1v) is 11.5. The third kappa shape index (κ3) is 4.34. The van der Waals surface area contributed by atoms with Crippen LogP contribution >= 0.6 is 0 Å². The van der Waals surface area contributed by atoms with E-state index < -0.39 is 0 Å². The molecule has 1 aliphatic carbocycles. The van der Waals surface area contributed by atoms with Gasteiger partial charge in [0.25, 0.3) is 0 Å². The van der Waals surface area contributed by atoms with Crippen molar-refractivity contribution in [3.8, 4) is 5.75 Å². The number of nitrogens with zero attached hydrogens (tertiary/aromatic N) is 1. The Morgan fingerprint density at radius 2 is 1.70 bits per heavy atom. The molecule has 1 amide bonds. The Kier molecular flexibility index (Phi) is 5.82. The maximum Gasteiger partial charge on any atom is 0.232 e. The summed E-state index contributed by atoms with van der Waals surface area (Å²) in [6, 6.07) is 25.8. The fraction of sp³-hybridized carbons (Fsp3) is 0.241. The van der Waals surface area contributed by atoms with E-state index in [0.717, 1.165) is 46.7 Å². The number of aryl methyl sites for hydroxylation is 1. The van der Waals surface area contributed by atoms with E-state index in [1.54, 1.807) is 4.90 Å². The fourth-order valence-electron chi connectivity index (χ4n) is 4.92. The van der Waals surface area contributed by atoms with E-state index in [1.807, 2.05) is 60.7 Å². The average molecular weight is 438 g/mol. The molecule has 3 aromatic rings. The Labute approximate surface area is 194 Å². The van der Waals surface area contributed by atoms with E-state index in [-0.39, 0.29) is 17.6 Å². The van der Waals surface area contributed by atoms with Gasteiger partial charge in [-0.1, -0.05) is 60.2 Å². The van der Waals surface area contributed by atoms with Crippen molar-refractivity contribution in [2.75, 3.05) is 4.90 Å². The van der Waals surface area contributed by atoms with E-state index >= 15 is 0 Å². The highest BCUT2D eigenvalue weighted by atomic mass is 16.5. The molecule has 0 aromatic heterocycles. The minimum atomic E-state index is -0.203. The van der Waals surface area contributed by atoms with Gasteiger partial charge in [-0.25, -0.2) is 0 Å². The Hall–Kier alpha value is -3.66. The van der Waals surface area contributed by atoms with Gasteiger partial charge in [0.2, 0.25) is 5.91 Å². The molecule has 0 fully saturated rings. The van der Waals surface area contributed by atoms with Crippen LogP contribution in [0.3, 0.4) is 0 Å². The summed E-state index contributed by atoms with van der Waals surface area (Å²) < 4.78 is 5.96. The van der Waals surface area contributed by atoms with Crippen LogP contribution in [-0.4, -0.2) is 11.7 Å². The maximum absolute atomic E-state index is 13.2. The van der Waals surface area contributed by atoms with E-state index in [1.165, 1.54) is 5.56 Å². The Morgan fingerprint density at radius 1 is 0.909 bits per heavy atom. The number of amides is 1. The molecular weight excluding hydrogens is 410 g/mol. The van der Waals surface area contributed by atoms with Crippen LogP contribution in [0.5, 0.6) is 5.75 Å². The monoisotopic (exact) mass is 437 g/mol. The highest BCUT2D eigenvalue weighted by Gasteiger charge is 2.39. The molecule has 5 rings (SSSR count). The molecule has 0 saturated carbocycles. The third-order valence-electron chi connectivity index (χ3n) is 6.46. The normalized spacial score (nSPS) is 18.3. The number of hydrogen-bond acceptors (Lipinski definition) is 3. The van der Waals surface area contributed by atoms with Crippen LogP contribution in [0.1, 0.15) is 48.3 Å². The van der Waals surface area contributed by atoms with E-state index in [0.29, 0.717) is 19.4 Å². The van der Waals surface area contributed by atoms with E-state index in [4.69, 9.17) is 4.74 Å². The van der Waals surface area contributed by atoms with Crippen molar-refractivity contribution < 1.29 is 14.3 Å². The van der Waals surface area contributed by atoms with Gasteiger partial charge in [-0.15, -0.1) is 0 Å². The van der Waals surface area contributed by atoms with Crippen LogP contribution in [0, 0.1) is 6.92 Å². The second-order valence-corrected chi connectivity index (χ2v) is 8.81. The summed E-state index contributed by atoms with van der Waals surface area (Å²) in [5.74, 6) is 0.775. The average Bonchev–Trinajstić information content (AvgIpc) is 2.83. The lowest BCUT2D eigenvalue weighted by molar-refractivity contribution is -0.119. The van der Waals surface area contributed by atoms with E-state index in [2.05, 4.69) is 25.1 Å². The van der Waals surface area contributed by atoms with Crippen molar-refractivity contribution in [2.24, 2.45) is 0 Å². The van der Waals surface area contributed by atoms with Crippen molar-refractivity contribution in [3.63, 3.8) is 0 Å². The van der Waals surface area contributed by atoms with Gasteiger partial charge in [-0.2, -0.15) is 0 Å². The Bertz CT molecular complexity index is 1210. The molecule has 0 saturated heterocycles. The zero-order valence-electron chi connectivity index (χ0n) is 18.8. The molecule has 1 atom stereocenters. The van der Waals surface area contributed by atoms with Gasteiger partial charge in [0.15, 0.2) is 5.78 Å². The largest absolute Gasteiger partial charge is 0.489 e. The number of Topliss-reactive ketones (excluding diaryl/α,β-unsaturated/α-hetero) is 1. The predicted molar refractivity (Wildman–Crippen MR) is 129 cm³/mol. The van der Waals surface area contributed by atoms with Gasteiger partial charge in [0, 0.05) is 35.7 Å². The summed E-state index contributed by atoms with van der Waals surface area (Å²) in [6.45, 7) is 2.57. The van der Waals surface area contributed by atoms with Crippen molar-refractivity contribution in [2.45, 2.75) is 45.1 Å². The van der Waals surface area contributed by atoms with Crippen LogP contribution < -0.4 is 9.64 Å². The molecule has 33 heavy (non-hydrogen) atoms. The van der Waals surface area contributed by atoms with Crippen molar-refractivity contribution in [1.29, 1.82) is 0 Å². The first-order valence-electron chi connectivity index (χ1n) is 11.5. The van der Waals surface area contributed by atoms with Crippen LogP contribution in [0.4, 0.5) is 5.69 Å². The number of carbonyl (C=O) groups is 2. The lowest BCUT2D eigenvalue weighted by Crippen LogP contribution is -2.40. The summed E-state index contributed by atoms with van der Waals surface area (Å²) in [6.07, 6.45) is 2.37. The third-order valence-corrected chi connectivity index (χ3v) is 6.46. The van der Waals surface area contributed by atoms with Crippen LogP contribution in [0.15, 0.2) is 90.1 Å². The van der Waals surface area contributed by atoms with Gasteiger partial charge in [0.1, 0.15) is 12.4 Å². The number of hydrogen-bond donors (Lipinski definition) is 0. The van der Waals surface area contributed by atoms with Gasteiger partial charge in [-0.05, 0) is 55.2 Å². The van der Waals surface area contributed by atoms with E-state index in [9.17, 15) is 9.59 Å². The number of para-hydroxylation sites is 1. The summed E-state index contributed by atoms with van der Waals surface area (Å²) in [4.78, 5) is 28.0. The molecule has 0 radical (unpaired) electrons. The first kappa shape index (κ1) is 21.2. The summed E-state index contributed by atoms with van der Waals surface area (Å²) in [5.41, 5.74) is 5.83. The van der Waals surface area contributed by atoms with Crippen molar-refractivity contribution in [3.05, 3.63) is 107 Å². The SMILES string of the molecule is Cc1cccc(COc2ccc(C3CC(=O)N(c4ccccc4)C4=C3C(=O)CCC4)cc2)c1. The lowest BCUT2D eigenvalue weighted by Gasteiger charge is -2.38. The molecule has 4 heteroatoms. The number of allylic oxidation sites excluding steroid dienone is 2. The maximum atomic E-state index is 13.2. The zero-order chi connectivity index (χ0) is 22.8. The molecule has 0 spiro atoms. The van der Waals surface area contributed by atoms with Crippen molar-refractivity contribution >= 4 is 17.4 Å². The van der Waals surface area contributed by atoms with Gasteiger partial charge in [0.05, 0.1) is 0 Å². The fourth-order valence-corrected chi connectivity index (χ4v) is 4.92.